The summed E-state index contributed by atoms with van der Waals surface area (Å²) in [7, 11) is 0. The SMILES string of the molecule is C=C(C)C1(C)CCC(CC2C(C)=Cc3ccc(C)cc32)CC1. The maximum atomic E-state index is 4.22. The van der Waals surface area contributed by atoms with Crippen LogP contribution in [0.5, 0.6) is 0 Å². The van der Waals surface area contributed by atoms with E-state index in [0.29, 0.717) is 11.3 Å². The molecule has 2 aliphatic rings. The van der Waals surface area contributed by atoms with Gasteiger partial charge in [0.05, 0.1) is 0 Å². The van der Waals surface area contributed by atoms with E-state index in [9.17, 15) is 0 Å². The van der Waals surface area contributed by atoms with E-state index >= 15 is 0 Å². The van der Waals surface area contributed by atoms with Crippen LogP contribution in [0.15, 0.2) is 35.9 Å². The minimum Gasteiger partial charge on any atom is -0.0996 e. The standard InChI is InChI=1S/C22H30/c1-15(2)22(5)10-8-18(9-11-22)14-20-17(4)13-19-7-6-16(3)12-21(19)20/h6-7,12-13,18,20H,1,8-11,14H2,2-5H3. The molecule has 0 bridgehead atoms. The summed E-state index contributed by atoms with van der Waals surface area (Å²) >= 11 is 0. The summed E-state index contributed by atoms with van der Waals surface area (Å²) in [5, 5.41) is 0. The summed E-state index contributed by atoms with van der Waals surface area (Å²) in [5.41, 5.74) is 7.76. The highest BCUT2D eigenvalue weighted by atomic mass is 14.4. The largest absolute Gasteiger partial charge is 0.0996 e. The Labute approximate surface area is 136 Å². The van der Waals surface area contributed by atoms with E-state index in [4.69, 9.17) is 0 Å². The summed E-state index contributed by atoms with van der Waals surface area (Å²) in [6.07, 6.45) is 9.13. The van der Waals surface area contributed by atoms with Gasteiger partial charge < -0.3 is 0 Å². The van der Waals surface area contributed by atoms with E-state index < -0.39 is 0 Å². The number of allylic oxidation sites excluding steroid dienone is 2. The van der Waals surface area contributed by atoms with E-state index in [1.165, 1.54) is 48.8 Å². The molecule has 2 aliphatic carbocycles. The second-order valence-corrected chi connectivity index (χ2v) is 8.09. The number of hydrogen-bond donors (Lipinski definition) is 0. The van der Waals surface area contributed by atoms with Crippen molar-refractivity contribution in [3.63, 3.8) is 0 Å². The zero-order chi connectivity index (χ0) is 15.9. The fourth-order valence-corrected chi connectivity index (χ4v) is 4.34. The summed E-state index contributed by atoms with van der Waals surface area (Å²) in [6.45, 7) is 13.4. The molecule has 0 heteroatoms. The monoisotopic (exact) mass is 294 g/mol. The molecule has 0 aliphatic heterocycles. The minimum absolute atomic E-state index is 0.394. The van der Waals surface area contributed by atoms with Crippen LogP contribution in [0, 0.1) is 18.3 Å². The van der Waals surface area contributed by atoms with E-state index in [1.54, 1.807) is 11.1 Å². The molecule has 22 heavy (non-hydrogen) atoms. The molecule has 0 spiro atoms. The Morgan fingerprint density at radius 1 is 1.23 bits per heavy atom. The summed E-state index contributed by atoms with van der Waals surface area (Å²) in [4.78, 5) is 0. The minimum atomic E-state index is 0.394. The first-order chi connectivity index (χ1) is 10.4. The third-order valence-electron chi connectivity index (χ3n) is 6.36. The molecular weight excluding hydrogens is 264 g/mol. The van der Waals surface area contributed by atoms with Crippen LogP contribution < -0.4 is 0 Å². The predicted molar refractivity (Wildman–Crippen MR) is 97.1 cm³/mol. The van der Waals surface area contributed by atoms with Crippen LogP contribution in [0.3, 0.4) is 0 Å². The molecule has 1 saturated carbocycles. The topological polar surface area (TPSA) is 0 Å². The van der Waals surface area contributed by atoms with E-state index in [0.717, 1.165) is 5.92 Å². The van der Waals surface area contributed by atoms with Crippen molar-refractivity contribution in [3.05, 3.63) is 52.6 Å². The van der Waals surface area contributed by atoms with E-state index in [1.807, 2.05) is 0 Å². The molecule has 0 nitrogen and oxygen atoms in total. The van der Waals surface area contributed by atoms with Crippen LogP contribution in [0.25, 0.3) is 6.08 Å². The summed E-state index contributed by atoms with van der Waals surface area (Å²) < 4.78 is 0. The number of rotatable bonds is 3. The molecule has 0 heterocycles. The Morgan fingerprint density at radius 2 is 1.91 bits per heavy atom. The lowest BCUT2D eigenvalue weighted by atomic mass is 9.66. The molecule has 1 atom stereocenters. The first kappa shape index (κ1) is 15.6. The molecule has 0 amide bonds. The van der Waals surface area contributed by atoms with Crippen LogP contribution in [0.2, 0.25) is 0 Å². The van der Waals surface area contributed by atoms with Crippen molar-refractivity contribution >= 4 is 6.08 Å². The van der Waals surface area contributed by atoms with Crippen molar-refractivity contribution in [2.24, 2.45) is 11.3 Å². The predicted octanol–water partition coefficient (Wildman–Crippen LogP) is 6.66. The molecule has 3 rings (SSSR count). The lowest BCUT2D eigenvalue weighted by molar-refractivity contribution is 0.198. The highest BCUT2D eigenvalue weighted by molar-refractivity contribution is 5.66. The second kappa shape index (κ2) is 5.72. The number of hydrogen-bond acceptors (Lipinski definition) is 0. The molecule has 0 aromatic heterocycles. The van der Waals surface area contributed by atoms with Crippen LogP contribution in [-0.2, 0) is 0 Å². The van der Waals surface area contributed by atoms with Gasteiger partial charge in [0.2, 0.25) is 0 Å². The molecule has 118 valence electrons. The van der Waals surface area contributed by atoms with Crippen LogP contribution in [0.4, 0.5) is 0 Å². The zero-order valence-corrected chi connectivity index (χ0v) is 14.7. The quantitative estimate of drug-likeness (QED) is 0.547. The lowest BCUT2D eigenvalue weighted by Gasteiger charge is -2.39. The molecule has 0 N–H and O–H groups in total. The van der Waals surface area contributed by atoms with Crippen LogP contribution in [0.1, 0.15) is 75.5 Å². The molecule has 1 unspecified atom stereocenters. The van der Waals surface area contributed by atoms with Crippen molar-refractivity contribution < 1.29 is 0 Å². The molecule has 0 radical (unpaired) electrons. The Balaban J connectivity index is 1.70. The number of benzene rings is 1. The van der Waals surface area contributed by atoms with Gasteiger partial charge in [-0.25, -0.2) is 0 Å². The highest BCUT2D eigenvalue weighted by Crippen LogP contribution is 2.48. The average Bonchev–Trinajstić information content (AvgIpc) is 2.77. The fraction of sp³-hybridized carbons (Fsp3) is 0.545. The highest BCUT2D eigenvalue weighted by Gasteiger charge is 2.34. The Morgan fingerprint density at radius 3 is 2.55 bits per heavy atom. The number of aryl methyl sites for hydroxylation is 1. The molecular formula is C22H30. The van der Waals surface area contributed by atoms with Gasteiger partial charge in [-0.2, -0.15) is 0 Å². The van der Waals surface area contributed by atoms with Crippen LogP contribution >= 0.6 is 0 Å². The smallest absolute Gasteiger partial charge is 0.00574 e. The molecule has 1 fully saturated rings. The van der Waals surface area contributed by atoms with Crippen LogP contribution in [-0.4, -0.2) is 0 Å². The third-order valence-corrected chi connectivity index (χ3v) is 6.36. The maximum absolute atomic E-state index is 4.22. The molecule has 1 aromatic rings. The summed E-state index contributed by atoms with van der Waals surface area (Å²) in [5.74, 6) is 1.54. The lowest BCUT2D eigenvalue weighted by Crippen LogP contribution is -2.26. The van der Waals surface area contributed by atoms with Gasteiger partial charge in [-0.1, -0.05) is 54.5 Å². The van der Waals surface area contributed by atoms with Crippen molar-refractivity contribution in [1.82, 2.24) is 0 Å². The Hall–Kier alpha value is -1.30. The van der Waals surface area contributed by atoms with Crippen molar-refractivity contribution in [2.75, 3.05) is 0 Å². The van der Waals surface area contributed by atoms with E-state index in [-0.39, 0.29) is 0 Å². The Kier molecular flexibility index (Phi) is 4.05. The molecule has 0 saturated heterocycles. The van der Waals surface area contributed by atoms with Gasteiger partial charge in [0, 0.05) is 5.92 Å². The molecule has 1 aromatic carbocycles. The first-order valence-corrected chi connectivity index (χ1v) is 8.84. The van der Waals surface area contributed by atoms with Crippen molar-refractivity contribution in [2.45, 2.75) is 65.7 Å². The normalized spacial score (nSPS) is 30.8. The third kappa shape index (κ3) is 2.81. The van der Waals surface area contributed by atoms with Gasteiger partial charge in [-0.3, -0.25) is 0 Å². The second-order valence-electron chi connectivity index (χ2n) is 8.09. The van der Waals surface area contributed by atoms with Gasteiger partial charge in [0.25, 0.3) is 0 Å². The summed E-state index contributed by atoms with van der Waals surface area (Å²) in [6, 6.07) is 6.95. The zero-order valence-electron chi connectivity index (χ0n) is 14.7. The van der Waals surface area contributed by atoms with E-state index in [2.05, 4.69) is 58.5 Å². The van der Waals surface area contributed by atoms with Gasteiger partial charge in [0.15, 0.2) is 0 Å². The Bertz CT molecular complexity index is 609. The van der Waals surface area contributed by atoms with Gasteiger partial charge >= 0.3 is 0 Å². The van der Waals surface area contributed by atoms with Gasteiger partial charge in [-0.05, 0) is 75.3 Å². The first-order valence-electron chi connectivity index (χ1n) is 8.84. The maximum Gasteiger partial charge on any atom is 0.00574 e. The average molecular weight is 294 g/mol. The van der Waals surface area contributed by atoms with Gasteiger partial charge in [-0.15, -0.1) is 0 Å². The number of fused-ring (bicyclic) bond motifs is 1. The fourth-order valence-electron chi connectivity index (χ4n) is 4.34. The van der Waals surface area contributed by atoms with Crippen molar-refractivity contribution in [1.29, 1.82) is 0 Å². The van der Waals surface area contributed by atoms with Gasteiger partial charge in [0.1, 0.15) is 0 Å². The van der Waals surface area contributed by atoms with Crippen molar-refractivity contribution in [3.8, 4) is 0 Å².